The average molecular weight is 554 g/mol. The Hall–Kier alpha value is -3.30. The van der Waals surface area contributed by atoms with E-state index in [9.17, 15) is 18.4 Å². The Morgan fingerprint density at radius 3 is 2.62 bits per heavy atom. The molecule has 0 radical (unpaired) electrons. The van der Waals surface area contributed by atoms with Gasteiger partial charge in [0.1, 0.15) is 11.6 Å². The molecule has 0 atom stereocenters. The lowest BCUT2D eigenvalue weighted by atomic mass is 10.1. The van der Waals surface area contributed by atoms with Gasteiger partial charge in [-0.15, -0.1) is 11.3 Å². The van der Waals surface area contributed by atoms with Crippen molar-refractivity contribution in [3.05, 3.63) is 75.4 Å². The summed E-state index contributed by atoms with van der Waals surface area (Å²) in [7, 11) is 0. The van der Waals surface area contributed by atoms with Crippen LogP contribution in [-0.2, 0) is 22.7 Å². The van der Waals surface area contributed by atoms with Gasteiger partial charge in [0.05, 0.1) is 5.52 Å². The molecule has 0 unspecified atom stereocenters. The van der Waals surface area contributed by atoms with E-state index in [4.69, 9.17) is 4.74 Å². The van der Waals surface area contributed by atoms with Crippen LogP contribution in [0.1, 0.15) is 38.2 Å². The molecule has 206 valence electrons. The minimum absolute atomic E-state index is 0.208. The summed E-state index contributed by atoms with van der Waals surface area (Å²) in [6.07, 6.45) is 3.72. The maximum absolute atomic E-state index is 14.6. The first-order chi connectivity index (χ1) is 18.9. The summed E-state index contributed by atoms with van der Waals surface area (Å²) in [6, 6.07) is 11.6. The summed E-state index contributed by atoms with van der Waals surface area (Å²) < 4.78 is 36.3. The van der Waals surface area contributed by atoms with Gasteiger partial charge in [-0.05, 0) is 54.1 Å². The van der Waals surface area contributed by atoms with Crippen LogP contribution in [0, 0.1) is 11.6 Å². The number of benzene rings is 2. The molecule has 0 saturated carbocycles. The summed E-state index contributed by atoms with van der Waals surface area (Å²) >= 11 is 1.55. The maximum Gasteiger partial charge on any atom is 0.307 e. The van der Waals surface area contributed by atoms with Crippen LogP contribution in [0.2, 0.25) is 0 Å². The van der Waals surface area contributed by atoms with Crippen molar-refractivity contribution in [2.24, 2.45) is 0 Å². The van der Waals surface area contributed by atoms with Crippen LogP contribution in [0.25, 0.3) is 21.0 Å². The first kappa shape index (κ1) is 27.3. The van der Waals surface area contributed by atoms with E-state index in [-0.39, 0.29) is 18.5 Å². The number of carbonyl (C=O) groups is 1. The standard InChI is InChI=1S/C30H33F2N3O3S/c1-2-3-4-5-30(37)38-20-35-27-16-21(6-7-23(27)25(32)19-29(35)36)8-10-33-11-13-34(14-12-33)26-17-22(31)18-28-24(26)9-15-39-28/h6-7,9,15-19H,2-5,8,10-14,20H2,1H3. The molecular formula is C30H33F2N3O3S. The molecule has 0 amide bonds. The van der Waals surface area contributed by atoms with Gasteiger partial charge in [0.25, 0.3) is 5.56 Å². The lowest BCUT2D eigenvalue weighted by Crippen LogP contribution is -2.47. The van der Waals surface area contributed by atoms with Crippen LogP contribution in [0.3, 0.4) is 0 Å². The van der Waals surface area contributed by atoms with Crippen molar-refractivity contribution in [1.29, 1.82) is 0 Å². The first-order valence-corrected chi connectivity index (χ1v) is 14.4. The van der Waals surface area contributed by atoms with Crippen LogP contribution < -0.4 is 10.5 Å². The van der Waals surface area contributed by atoms with E-state index < -0.39 is 11.4 Å². The highest BCUT2D eigenvalue weighted by atomic mass is 32.1. The number of nitrogens with zero attached hydrogens (tertiary/aromatic N) is 3. The fraction of sp³-hybridized carbons (Fsp3) is 0.400. The van der Waals surface area contributed by atoms with Crippen LogP contribution in [0.5, 0.6) is 0 Å². The second kappa shape index (κ2) is 12.3. The SMILES string of the molecule is CCCCCC(=O)OCn1c(=O)cc(F)c2ccc(CCN3CCN(c4cc(F)cc5sccc45)CC3)cc21. The quantitative estimate of drug-likeness (QED) is 0.180. The number of hydrogen-bond donors (Lipinski definition) is 0. The van der Waals surface area contributed by atoms with Gasteiger partial charge >= 0.3 is 5.97 Å². The van der Waals surface area contributed by atoms with Crippen LogP contribution >= 0.6 is 11.3 Å². The van der Waals surface area contributed by atoms with E-state index in [1.807, 2.05) is 17.5 Å². The number of carbonyl (C=O) groups excluding carboxylic acids is 1. The molecule has 3 heterocycles. The monoisotopic (exact) mass is 553 g/mol. The number of unbranched alkanes of at least 4 members (excludes halogenated alkanes) is 2. The molecule has 2 aromatic carbocycles. The number of halogens is 2. The Kier molecular flexibility index (Phi) is 8.57. The van der Waals surface area contributed by atoms with E-state index in [0.717, 1.165) is 85.8 Å². The highest BCUT2D eigenvalue weighted by Gasteiger charge is 2.20. The van der Waals surface area contributed by atoms with E-state index in [2.05, 4.69) is 22.8 Å². The van der Waals surface area contributed by atoms with Gasteiger partial charge < -0.3 is 9.64 Å². The number of pyridine rings is 1. The number of aromatic nitrogens is 1. The third kappa shape index (κ3) is 6.31. The van der Waals surface area contributed by atoms with Gasteiger partial charge in [-0.3, -0.25) is 19.1 Å². The van der Waals surface area contributed by atoms with Gasteiger partial charge in [-0.25, -0.2) is 8.78 Å². The zero-order valence-corrected chi connectivity index (χ0v) is 22.9. The zero-order chi connectivity index (χ0) is 27.4. The summed E-state index contributed by atoms with van der Waals surface area (Å²) in [6.45, 7) is 5.95. The smallest absolute Gasteiger partial charge is 0.307 e. The van der Waals surface area contributed by atoms with Crippen molar-refractivity contribution in [3.8, 4) is 0 Å². The number of ether oxygens (including phenoxy) is 1. The zero-order valence-electron chi connectivity index (χ0n) is 22.1. The van der Waals surface area contributed by atoms with Gasteiger partial charge in [-0.2, -0.15) is 0 Å². The van der Waals surface area contributed by atoms with Crippen molar-refractivity contribution in [3.63, 3.8) is 0 Å². The summed E-state index contributed by atoms with van der Waals surface area (Å²) in [5, 5.41) is 3.41. The number of thiophene rings is 1. The van der Waals surface area contributed by atoms with Crippen LogP contribution in [0.4, 0.5) is 14.5 Å². The van der Waals surface area contributed by atoms with Crippen LogP contribution in [0.15, 0.2) is 52.6 Å². The topological polar surface area (TPSA) is 54.8 Å². The molecule has 0 spiro atoms. The molecule has 1 saturated heterocycles. The van der Waals surface area contributed by atoms with Gasteiger partial charge in [0.15, 0.2) is 6.73 Å². The molecule has 0 N–H and O–H groups in total. The van der Waals surface area contributed by atoms with Crippen LogP contribution in [-0.4, -0.2) is 48.2 Å². The number of hydrogen-bond acceptors (Lipinski definition) is 6. The molecule has 39 heavy (non-hydrogen) atoms. The fourth-order valence-corrected chi connectivity index (χ4v) is 6.01. The van der Waals surface area contributed by atoms with Crippen molar-refractivity contribution in [2.45, 2.75) is 45.8 Å². The number of rotatable bonds is 10. The third-order valence-electron chi connectivity index (χ3n) is 7.41. The summed E-state index contributed by atoms with van der Waals surface area (Å²) in [4.78, 5) is 29.3. The second-order valence-electron chi connectivity index (χ2n) is 10.0. The molecule has 0 bridgehead atoms. The third-order valence-corrected chi connectivity index (χ3v) is 8.27. The Labute approximate surface area is 230 Å². The molecule has 2 aromatic heterocycles. The largest absolute Gasteiger partial charge is 0.444 e. The molecular weight excluding hydrogens is 520 g/mol. The number of fused-ring (bicyclic) bond motifs is 2. The van der Waals surface area contributed by atoms with E-state index >= 15 is 0 Å². The first-order valence-electron chi connectivity index (χ1n) is 13.5. The maximum atomic E-state index is 14.6. The normalized spacial score (nSPS) is 14.4. The van der Waals surface area contributed by atoms with Gasteiger partial charge in [-0.1, -0.05) is 25.8 Å². The molecule has 4 aromatic rings. The number of anilines is 1. The molecule has 1 fully saturated rings. The lowest BCUT2D eigenvalue weighted by Gasteiger charge is -2.36. The summed E-state index contributed by atoms with van der Waals surface area (Å²) in [5.41, 5.74) is 1.82. The van der Waals surface area contributed by atoms with Crippen molar-refractivity contribution in [2.75, 3.05) is 37.6 Å². The van der Waals surface area contributed by atoms with Crippen molar-refractivity contribution < 1.29 is 18.3 Å². The lowest BCUT2D eigenvalue weighted by molar-refractivity contribution is -0.147. The number of piperazine rings is 1. The van der Waals surface area contributed by atoms with Gasteiger partial charge in [0.2, 0.25) is 0 Å². The van der Waals surface area contributed by atoms with Crippen molar-refractivity contribution in [1.82, 2.24) is 9.47 Å². The van der Waals surface area contributed by atoms with Crippen molar-refractivity contribution >= 4 is 44.0 Å². The highest BCUT2D eigenvalue weighted by Crippen LogP contribution is 2.32. The molecule has 6 nitrogen and oxygen atoms in total. The predicted octanol–water partition coefficient (Wildman–Crippen LogP) is 5.94. The molecule has 1 aliphatic heterocycles. The Balaban J connectivity index is 1.23. The second-order valence-corrected chi connectivity index (χ2v) is 11.0. The van der Waals surface area contributed by atoms with Gasteiger partial charge in [0, 0.05) is 66.4 Å². The summed E-state index contributed by atoms with van der Waals surface area (Å²) in [5.74, 6) is -1.15. The fourth-order valence-electron chi connectivity index (χ4n) is 5.18. The average Bonchev–Trinajstić information content (AvgIpc) is 3.40. The Morgan fingerprint density at radius 1 is 1.00 bits per heavy atom. The predicted molar refractivity (Wildman–Crippen MR) is 153 cm³/mol. The Bertz CT molecular complexity index is 1530. The minimum atomic E-state index is -0.583. The molecule has 0 aliphatic carbocycles. The molecule has 9 heteroatoms. The highest BCUT2D eigenvalue weighted by molar-refractivity contribution is 7.17. The molecule has 5 rings (SSSR count). The molecule has 1 aliphatic rings. The van der Waals surface area contributed by atoms with E-state index in [0.29, 0.717) is 17.3 Å². The van der Waals surface area contributed by atoms with E-state index in [1.165, 1.54) is 4.57 Å². The number of esters is 1. The van der Waals surface area contributed by atoms with E-state index in [1.54, 1.807) is 29.5 Å². The Morgan fingerprint density at radius 2 is 1.82 bits per heavy atom. The minimum Gasteiger partial charge on any atom is -0.444 e.